The van der Waals surface area contributed by atoms with E-state index in [0.29, 0.717) is 12.1 Å². The maximum Gasteiger partial charge on any atom is 0.426 e. The first-order valence-corrected chi connectivity index (χ1v) is 11.7. The third-order valence-corrected chi connectivity index (χ3v) is 5.24. The van der Waals surface area contributed by atoms with Crippen molar-refractivity contribution in [2.75, 3.05) is 0 Å². The van der Waals surface area contributed by atoms with Gasteiger partial charge in [-0.2, -0.15) is 30.7 Å². The second-order valence-electron chi connectivity index (χ2n) is 8.78. The lowest BCUT2D eigenvalue weighted by Crippen LogP contribution is -2.24. The summed E-state index contributed by atoms with van der Waals surface area (Å²) in [5.41, 5.74) is -3.43. The molecule has 0 saturated carbocycles. The Morgan fingerprint density at radius 3 is 1.36 bits per heavy atom. The highest BCUT2D eigenvalue weighted by molar-refractivity contribution is 5.89. The average Bonchev–Trinajstić information content (AvgIpc) is 2.89. The van der Waals surface area contributed by atoms with E-state index in [9.17, 15) is 40.3 Å². The van der Waals surface area contributed by atoms with Gasteiger partial charge in [0.15, 0.2) is 0 Å². The van der Waals surface area contributed by atoms with Crippen LogP contribution in [0, 0.1) is 0 Å². The van der Waals surface area contributed by atoms with Crippen LogP contribution < -0.4 is 18.9 Å². The summed E-state index contributed by atoms with van der Waals surface area (Å²) in [7, 11) is 0. The molecule has 222 valence electrons. The Labute approximate surface area is 234 Å². The zero-order valence-electron chi connectivity index (χ0n) is 21.9. The van der Waals surface area contributed by atoms with E-state index in [1.54, 1.807) is 0 Å². The van der Waals surface area contributed by atoms with E-state index in [1.165, 1.54) is 13.8 Å². The molecule has 0 aliphatic rings. The van der Waals surface area contributed by atoms with Gasteiger partial charge in [-0.3, -0.25) is 0 Å². The summed E-state index contributed by atoms with van der Waals surface area (Å²) in [5, 5.41) is 0. The molecule has 0 aliphatic carbocycles. The van der Waals surface area contributed by atoms with Gasteiger partial charge in [0.05, 0.1) is 11.1 Å². The second kappa shape index (κ2) is 12.0. The molecule has 0 heterocycles. The standard InChI is InChI=1S/C29H21F7O6/c1-16(2)25(37)39-20-9-5-18(6-10-20)28(33,34)41-22-13-14-24(23(15-22)27(30,31)32)42-29(35,36)19-7-11-21(12-8-19)40-26(38)17(3)4/h5-15H,1,3H2,2,4H3. The molecule has 0 amide bonds. The lowest BCUT2D eigenvalue weighted by Gasteiger charge is -2.23. The summed E-state index contributed by atoms with van der Waals surface area (Å²) in [5.74, 6) is -4.25. The summed E-state index contributed by atoms with van der Waals surface area (Å²) in [4.78, 5) is 23.1. The number of benzene rings is 3. The number of ether oxygens (including phenoxy) is 4. The van der Waals surface area contributed by atoms with Gasteiger partial charge in [-0.05, 0) is 80.6 Å². The van der Waals surface area contributed by atoms with Crippen LogP contribution in [0.25, 0.3) is 0 Å². The average molecular weight is 598 g/mol. The van der Waals surface area contributed by atoms with E-state index in [1.807, 2.05) is 0 Å². The van der Waals surface area contributed by atoms with Crippen LogP contribution in [-0.4, -0.2) is 11.9 Å². The van der Waals surface area contributed by atoms with Gasteiger partial charge in [0.25, 0.3) is 0 Å². The summed E-state index contributed by atoms with van der Waals surface area (Å²) in [6.45, 7) is 9.47. The van der Waals surface area contributed by atoms with Crippen molar-refractivity contribution in [1.82, 2.24) is 0 Å². The van der Waals surface area contributed by atoms with Crippen LogP contribution in [0.3, 0.4) is 0 Å². The monoisotopic (exact) mass is 598 g/mol. The third-order valence-electron chi connectivity index (χ3n) is 5.24. The van der Waals surface area contributed by atoms with Gasteiger partial charge in [-0.25, -0.2) is 9.59 Å². The maximum absolute atomic E-state index is 14.8. The minimum atomic E-state index is -5.31. The van der Waals surface area contributed by atoms with Gasteiger partial charge >= 0.3 is 30.3 Å². The number of hydrogen-bond acceptors (Lipinski definition) is 6. The molecule has 0 atom stereocenters. The summed E-state index contributed by atoms with van der Waals surface area (Å²) in [6, 6.07) is 8.18. The van der Waals surface area contributed by atoms with Crippen molar-refractivity contribution in [3.63, 3.8) is 0 Å². The molecule has 3 aromatic carbocycles. The molecule has 0 aromatic heterocycles. The summed E-state index contributed by atoms with van der Waals surface area (Å²) >= 11 is 0. The highest BCUT2D eigenvalue weighted by atomic mass is 19.4. The van der Waals surface area contributed by atoms with E-state index in [2.05, 4.69) is 22.6 Å². The van der Waals surface area contributed by atoms with Crippen molar-refractivity contribution in [3.8, 4) is 23.0 Å². The zero-order chi connectivity index (χ0) is 31.5. The van der Waals surface area contributed by atoms with Gasteiger partial charge in [0, 0.05) is 11.1 Å². The molecule has 6 nitrogen and oxygen atoms in total. The molecule has 0 N–H and O–H groups in total. The van der Waals surface area contributed by atoms with E-state index in [4.69, 9.17) is 9.47 Å². The zero-order valence-corrected chi connectivity index (χ0v) is 21.9. The first kappa shape index (κ1) is 31.7. The Morgan fingerprint density at radius 1 is 0.595 bits per heavy atom. The van der Waals surface area contributed by atoms with Crippen LogP contribution in [-0.2, 0) is 28.0 Å². The van der Waals surface area contributed by atoms with Crippen LogP contribution >= 0.6 is 0 Å². The van der Waals surface area contributed by atoms with Crippen molar-refractivity contribution >= 4 is 11.9 Å². The number of rotatable bonds is 10. The predicted octanol–water partition coefficient (Wildman–Crippen LogP) is 7.93. The highest BCUT2D eigenvalue weighted by Gasteiger charge is 2.42. The van der Waals surface area contributed by atoms with Gasteiger partial charge < -0.3 is 18.9 Å². The molecule has 0 spiro atoms. The van der Waals surface area contributed by atoms with Crippen molar-refractivity contribution in [3.05, 3.63) is 108 Å². The van der Waals surface area contributed by atoms with E-state index in [-0.39, 0.29) is 28.7 Å². The normalized spacial score (nSPS) is 11.8. The minimum absolute atomic E-state index is 0.0390. The first-order valence-electron chi connectivity index (χ1n) is 11.7. The van der Waals surface area contributed by atoms with Gasteiger partial charge in [0.1, 0.15) is 28.6 Å². The van der Waals surface area contributed by atoms with Crippen LogP contribution in [0.5, 0.6) is 23.0 Å². The van der Waals surface area contributed by atoms with Crippen LogP contribution in [0.4, 0.5) is 30.7 Å². The lowest BCUT2D eigenvalue weighted by atomic mass is 10.1. The molecule has 42 heavy (non-hydrogen) atoms. The summed E-state index contributed by atoms with van der Waals surface area (Å²) < 4.78 is 119. The molecule has 0 radical (unpaired) electrons. The Hall–Kier alpha value is -4.81. The lowest BCUT2D eigenvalue weighted by molar-refractivity contribution is -0.193. The van der Waals surface area contributed by atoms with E-state index >= 15 is 0 Å². The molecule has 0 unspecified atom stereocenters. The molecule has 0 aliphatic heterocycles. The van der Waals surface area contributed by atoms with Crippen molar-refractivity contribution < 1.29 is 59.3 Å². The Kier molecular flexibility index (Phi) is 9.04. The fourth-order valence-corrected chi connectivity index (χ4v) is 3.11. The number of carbonyl (C=O) groups excluding carboxylic acids is 2. The Bertz CT molecular complexity index is 1490. The van der Waals surface area contributed by atoms with Crippen molar-refractivity contribution in [1.29, 1.82) is 0 Å². The minimum Gasteiger partial charge on any atom is -0.429 e. The number of hydrogen-bond donors (Lipinski definition) is 0. The van der Waals surface area contributed by atoms with Crippen molar-refractivity contribution in [2.45, 2.75) is 32.2 Å². The second-order valence-corrected chi connectivity index (χ2v) is 8.78. The van der Waals surface area contributed by atoms with Crippen LogP contribution in [0.1, 0.15) is 30.5 Å². The molecule has 0 bridgehead atoms. The molecular weight excluding hydrogens is 577 g/mol. The predicted molar refractivity (Wildman–Crippen MR) is 134 cm³/mol. The Balaban J connectivity index is 1.82. The molecular formula is C29H21F7O6. The number of esters is 2. The maximum atomic E-state index is 14.8. The molecule has 3 aromatic rings. The molecule has 3 rings (SSSR count). The Morgan fingerprint density at radius 2 is 0.976 bits per heavy atom. The van der Waals surface area contributed by atoms with E-state index < -0.39 is 58.5 Å². The van der Waals surface area contributed by atoms with Gasteiger partial charge in [-0.15, -0.1) is 0 Å². The molecule has 0 fully saturated rings. The topological polar surface area (TPSA) is 71.1 Å². The SMILES string of the molecule is C=C(C)C(=O)Oc1ccc(C(F)(F)Oc2ccc(OC(F)(F)c3ccc(OC(=O)C(=C)C)cc3)c(C(F)(F)F)c2)cc1. The number of carbonyl (C=O) groups is 2. The fourth-order valence-electron chi connectivity index (χ4n) is 3.11. The quantitative estimate of drug-likeness (QED) is 0.102. The fraction of sp³-hybridized carbons (Fsp3) is 0.172. The molecule has 0 saturated heterocycles. The smallest absolute Gasteiger partial charge is 0.426 e. The van der Waals surface area contributed by atoms with Gasteiger partial charge in [0.2, 0.25) is 0 Å². The van der Waals surface area contributed by atoms with Crippen LogP contribution in [0.2, 0.25) is 0 Å². The van der Waals surface area contributed by atoms with Crippen LogP contribution in [0.15, 0.2) is 91.0 Å². The van der Waals surface area contributed by atoms with Crippen molar-refractivity contribution in [2.24, 2.45) is 0 Å². The highest BCUT2D eigenvalue weighted by Crippen LogP contribution is 2.43. The molecule has 13 heteroatoms. The number of halogens is 7. The van der Waals surface area contributed by atoms with Gasteiger partial charge in [-0.1, -0.05) is 13.2 Å². The van der Waals surface area contributed by atoms with E-state index in [0.717, 1.165) is 48.5 Å². The number of alkyl halides is 7. The third kappa shape index (κ3) is 7.89. The largest absolute Gasteiger partial charge is 0.429 e. The first-order chi connectivity index (χ1) is 19.4. The summed E-state index contributed by atoms with van der Waals surface area (Å²) in [6.07, 6.45) is -13.8.